The first-order valence-electron chi connectivity index (χ1n) is 7.61. The summed E-state index contributed by atoms with van der Waals surface area (Å²) in [5, 5.41) is 3.29. The van der Waals surface area contributed by atoms with E-state index in [4.69, 9.17) is 15.2 Å². The Labute approximate surface area is 126 Å². The number of guanidine groups is 1. The van der Waals surface area contributed by atoms with Gasteiger partial charge in [0, 0.05) is 12.1 Å². The molecule has 1 saturated carbocycles. The van der Waals surface area contributed by atoms with Gasteiger partial charge in [-0.1, -0.05) is 25.3 Å². The largest absolute Gasteiger partial charge is 0.497 e. The molecule has 5 heteroatoms. The quantitative estimate of drug-likeness (QED) is 0.479. The van der Waals surface area contributed by atoms with Crippen molar-refractivity contribution in [2.75, 3.05) is 20.3 Å². The van der Waals surface area contributed by atoms with E-state index >= 15 is 0 Å². The standard InChI is InChI=1S/C16H25N3O2/c1-20-14-8-5-9-15(12-14)21-11-10-18-16(17)19-13-6-3-2-4-7-13/h5,8-9,12-13H,2-4,6-7,10-11H2,1H3,(H3,17,18,19). The second-order valence-corrected chi connectivity index (χ2v) is 5.27. The molecule has 0 unspecified atom stereocenters. The zero-order valence-corrected chi connectivity index (χ0v) is 12.7. The van der Waals surface area contributed by atoms with Crippen LogP contribution < -0.4 is 20.5 Å². The molecule has 21 heavy (non-hydrogen) atoms. The Morgan fingerprint density at radius 1 is 1.29 bits per heavy atom. The third kappa shape index (κ3) is 5.53. The zero-order chi connectivity index (χ0) is 14.9. The average molecular weight is 291 g/mol. The third-order valence-corrected chi connectivity index (χ3v) is 3.64. The fourth-order valence-corrected chi connectivity index (χ4v) is 2.52. The summed E-state index contributed by atoms with van der Waals surface area (Å²) in [5.74, 6) is 2.09. The molecule has 1 aliphatic rings. The number of rotatable bonds is 6. The summed E-state index contributed by atoms with van der Waals surface area (Å²) in [5.41, 5.74) is 5.89. The van der Waals surface area contributed by atoms with Gasteiger partial charge >= 0.3 is 0 Å². The first kappa shape index (κ1) is 15.5. The maximum Gasteiger partial charge on any atom is 0.188 e. The topological polar surface area (TPSA) is 68.9 Å². The van der Waals surface area contributed by atoms with Crippen molar-refractivity contribution in [3.63, 3.8) is 0 Å². The maximum absolute atomic E-state index is 5.89. The van der Waals surface area contributed by atoms with Gasteiger partial charge in [0.2, 0.25) is 0 Å². The van der Waals surface area contributed by atoms with E-state index in [1.54, 1.807) is 7.11 Å². The number of ether oxygens (including phenoxy) is 2. The summed E-state index contributed by atoms with van der Waals surface area (Å²) in [6, 6.07) is 8.03. The lowest BCUT2D eigenvalue weighted by atomic mass is 9.96. The highest BCUT2D eigenvalue weighted by atomic mass is 16.5. The predicted molar refractivity (Wildman–Crippen MR) is 85.0 cm³/mol. The Morgan fingerprint density at radius 3 is 2.81 bits per heavy atom. The minimum absolute atomic E-state index is 0.488. The van der Waals surface area contributed by atoms with E-state index < -0.39 is 0 Å². The van der Waals surface area contributed by atoms with Crippen LogP contribution in [0, 0.1) is 0 Å². The Bertz CT molecular complexity index is 457. The zero-order valence-electron chi connectivity index (χ0n) is 12.7. The van der Waals surface area contributed by atoms with Crippen LogP contribution in [0.1, 0.15) is 32.1 Å². The number of hydrogen-bond donors (Lipinski definition) is 2. The molecule has 1 aromatic carbocycles. The van der Waals surface area contributed by atoms with E-state index in [2.05, 4.69) is 10.3 Å². The summed E-state index contributed by atoms with van der Waals surface area (Å²) in [6.45, 7) is 1.04. The lowest BCUT2D eigenvalue weighted by Crippen LogP contribution is -2.41. The van der Waals surface area contributed by atoms with Gasteiger partial charge < -0.3 is 20.5 Å². The van der Waals surface area contributed by atoms with Crippen LogP contribution in [0.3, 0.4) is 0 Å². The van der Waals surface area contributed by atoms with Gasteiger partial charge in [-0.2, -0.15) is 0 Å². The molecule has 116 valence electrons. The molecule has 0 aromatic heterocycles. The van der Waals surface area contributed by atoms with Gasteiger partial charge in [0.15, 0.2) is 5.96 Å². The lowest BCUT2D eigenvalue weighted by molar-refractivity contribution is 0.325. The highest BCUT2D eigenvalue weighted by Crippen LogP contribution is 2.18. The van der Waals surface area contributed by atoms with Crippen molar-refractivity contribution in [1.29, 1.82) is 0 Å². The molecule has 2 rings (SSSR count). The number of nitrogens with zero attached hydrogens (tertiary/aromatic N) is 1. The predicted octanol–water partition coefficient (Wildman–Crippen LogP) is 2.31. The van der Waals surface area contributed by atoms with Crippen molar-refractivity contribution >= 4 is 5.96 Å². The highest BCUT2D eigenvalue weighted by Gasteiger charge is 2.13. The number of hydrogen-bond acceptors (Lipinski definition) is 3. The van der Waals surface area contributed by atoms with Crippen molar-refractivity contribution in [2.24, 2.45) is 10.7 Å². The van der Waals surface area contributed by atoms with Crippen LogP contribution in [0.4, 0.5) is 0 Å². The highest BCUT2D eigenvalue weighted by molar-refractivity contribution is 5.78. The monoisotopic (exact) mass is 291 g/mol. The summed E-state index contributed by atoms with van der Waals surface area (Å²) < 4.78 is 10.8. The average Bonchev–Trinajstić information content (AvgIpc) is 2.53. The lowest BCUT2D eigenvalue weighted by Gasteiger charge is -2.23. The van der Waals surface area contributed by atoms with Gasteiger partial charge in [0.05, 0.1) is 13.7 Å². The molecule has 3 N–H and O–H groups in total. The molecule has 0 aliphatic heterocycles. The van der Waals surface area contributed by atoms with Crippen molar-refractivity contribution in [2.45, 2.75) is 38.1 Å². The summed E-state index contributed by atoms with van der Waals surface area (Å²) in [6.07, 6.45) is 6.28. The molecular weight excluding hydrogens is 266 g/mol. The molecule has 0 atom stereocenters. The SMILES string of the molecule is COc1cccc(OCCN=C(N)NC2CCCCC2)c1. The Morgan fingerprint density at radius 2 is 2.05 bits per heavy atom. The summed E-state index contributed by atoms with van der Waals surface area (Å²) in [4.78, 5) is 4.30. The van der Waals surface area contributed by atoms with Crippen LogP contribution >= 0.6 is 0 Å². The van der Waals surface area contributed by atoms with E-state index in [1.165, 1.54) is 32.1 Å². The Balaban J connectivity index is 1.68. The van der Waals surface area contributed by atoms with Gasteiger partial charge in [0.25, 0.3) is 0 Å². The third-order valence-electron chi connectivity index (χ3n) is 3.64. The van der Waals surface area contributed by atoms with Crippen LogP contribution in [0.2, 0.25) is 0 Å². The normalized spacial score (nSPS) is 16.5. The maximum atomic E-state index is 5.89. The van der Waals surface area contributed by atoms with Crippen molar-refractivity contribution in [1.82, 2.24) is 5.32 Å². The summed E-state index contributed by atoms with van der Waals surface area (Å²) in [7, 11) is 1.64. The minimum atomic E-state index is 0.488. The van der Waals surface area contributed by atoms with Crippen molar-refractivity contribution < 1.29 is 9.47 Å². The molecule has 1 aromatic rings. The van der Waals surface area contributed by atoms with E-state index in [0.717, 1.165) is 11.5 Å². The van der Waals surface area contributed by atoms with Crippen molar-refractivity contribution in [3.8, 4) is 11.5 Å². The number of nitrogens with two attached hydrogens (primary N) is 1. The minimum Gasteiger partial charge on any atom is -0.497 e. The molecule has 0 spiro atoms. The fourth-order valence-electron chi connectivity index (χ4n) is 2.52. The number of nitrogens with one attached hydrogen (secondary N) is 1. The molecule has 0 amide bonds. The Kier molecular flexibility index (Phi) is 6.19. The van der Waals surface area contributed by atoms with Gasteiger partial charge in [-0.15, -0.1) is 0 Å². The number of methoxy groups -OCH3 is 1. The van der Waals surface area contributed by atoms with E-state index in [0.29, 0.717) is 25.2 Å². The number of aliphatic imine (C=N–C) groups is 1. The van der Waals surface area contributed by atoms with Crippen molar-refractivity contribution in [3.05, 3.63) is 24.3 Å². The van der Waals surface area contributed by atoms with Crippen LogP contribution in [-0.4, -0.2) is 32.3 Å². The summed E-state index contributed by atoms with van der Waals surface area (Å²) >= 11 is 0. The second kappa shape index (κ2) is 8.39. The van der Waals surface area contributed by atoms with Crippen LogP contribution in [0.25, 0.3) is 0 Å². The molecule has 0 radical (unpaired) electrons. The van der Waals surface area contributed by atoms with E-state index in [9.17, 15) is 0 Å². The van der Waals surface area contributed by atoms with E-state index in [-0.39, 0.29) is 0 Å². The molecule has 0 saturated heterocycles. The fraction of sp³-hybridized carbons (Fsp3) is 0.562. The van der Waals surface area contributed by atoms with Crippen LogP contribution in [0.5, 0.6) is 11.5 Å². The molecule has 1 aliphatic carbocycles. The van der Waals surface area contributed by atoms with Gasteiger partial charge in [-0.25, -0.2) is 4.99 Å². The smallest absolute Gasteiger partial charge is 0.188 e. The molecule has 1 fully saturated rings. The molecule has 0 heterocycles. The Hall–Kier alpha value is -1.91. The second-order valence-electron chi connectivity index (χ2n) is 5.27. The molecular formula is C16H25N3O2. The van der Waals surface area contributed by atoms with E-state index in [1.807, 2.05) is 24.3 Å². The molecule has 0 bridgehead atoms. The molecule has 5 nitrogen and oxygen atoms in total. The first-order valence-corrected chi connectivity index (χ1v) is 7.61. The van der Waals surface area contributed by atoms with Gasteiger partial charge in [-0.3, -0.25) is 0 Å². The van der Waals surface area contributed by atoms with Crippen LogP contribution in [-0.2, 0) is 0 Å². The van der Waals surface area contributed by atoms with Crippen LogP contribution in [0.15, 0.2) is 29.3 Å². The van der Waals surface area contributed by atoms with Gasteiger partial charge in [-0.05, 0) is 25.0 Å². The number of benzene rings is 1. The van der Waals surface area contributed by atoms with Gasteiger partial charge in [0.1, 0.15) is 18.1 Å². The first-order chi connectivity index (χ1) is 10.3.